The number of rotatable bonds is 7. The van der Waals surface area contributed by atoms with E-state index in [9.17, 15) is 29.7 Å². The number of aromatic nitrogens is 2. The maximum absolute atomic E-state index is 13.5. The van der Waals surface area contributed by atoms with Crippen LogP contribution in [-0.2, 0) is 20.0 Å². The van der Waals surface area contributed by atoms with E-state index in [2.05, 4.69) is 10.00 Å². The van der Waals surface area contributed by atoms with E-state index in [1.165, 1.54) is 10.7 Å². The second kappa shape index (κ2) is 13.4. The van der Waals surface area contributed by atoms with Crippen LogP contribution in [0.15, 0.2) is 72.8 Å². The molecule has 0 radical (unpaired) electrons. The molecular weight excluding hydrogens is 689 g/mol. The van der Waals surface area contributed by atoms with Crippen LogP contribution >= 0.6 is 23.2 Å². The zero-order valence-corrected chi connectivity index (χ0v) is 28.1. The summed E-state index contributed by atoms with van der Waals surface area (Å²) in [5, 5.41) is 40.0. The van der Waals surface area contributed by atoms with Crippen molar-refractivity contribution in [2.45, 2.75) is 55.3 Å². The van der Waals surface area contributed by atoms with Gasteiger partial charge in [0.25, 0.3) is 5.88 Å². The monoisotopic (exact) mass is 721 g/mol. The molecule has 3 aliphatic heterocycles. The van der Waals surface area contributed by atoms with Crippen molar-refractivity contribution in [3.63, 3.8) is 0 Å². The van der Waals surface area contributed by atoms with Crippen LogP contribution in [0.2, 0.25) is 10.0 Å². The first-order valence-corrected chi connectivity index (χ1v) is 16.9. The van der Waals surface area contributed by atoms with E-state index >= 15 is 0 Å². The summed E-state index contributed by atoms with van der Waals surface area (Å²) in [6.07, 6.45) is -1.93. The fourth-order valence-corrected chi connectivity index (χ4v) is 7.15. The standard InChI is InChI=1S/C36H33Cl2N3O9/c37-24-11-10-21(18-25(24)38)23(12-15-40-16-13-35(46,14-17-40)22-6-2-1-3-7-22)31(44)30-32-33-39-41(30)26-8-4-5-9-27(26)48-28(42)19-36(47,34(45)50-32)20-29(43)49-33/h1-11,18,23,31,44,46-47H,12-17,19-20H2. The van der Waals surface area contributed by atoms with Crippen LogP contribution in [0.4, 0.5) is 0 Å². The van der Waals surface area contributed by atoms with Crippen LogP contribution in [0.25, 0.3) is 5.69 Å². The molecule has 3 atom stereocenters. The number of halogens is 2. The van der Waals surface area contributed by atoms with E-state index < -0.39 is 65.6 Å². The van der Waals surface area contributed by atoms with Gasteiger partial charge in [0, 0.05) is 19.0 Å². The van der Waals surface area contributed by atoms with Gasteiger partial charge >= 0.3 is 17.9 Å². The minimum Gasteiger partial charge on any atom is -0.424 e. The van der Waals surface area contributed by atoms with E-state index in [1.807, 2.05) is 30.3 Å². The Labute approximate surface area is 296 Å². The van der Waals surface area contributed by atoms with Gasteiger partial charge in [-0.3, -0.25) is 9.59 Å². The smallest absolute Gasteiger partial charge is 0.345 e. The molecule has 3 N–H and O–H groups in total. The molecule has 260 valence electrons. The average Bonchev–Trinajstić information content (AvgIpc) is 3.42. The molecule has 12 nitrogen and oxygen atoms in total. The third-order valence-corrected chi connectivity index (χ3v) is 10.3. The van der Waals surface area contributed by atoms with Crippen molar-refractivity contribution in [1.29, 1.82) is 0 Å². The van der Waals surface area contributed by atoms with Gasteiger partial charge in [0.2, 0.25) is 5.75 Å². The van der Waals surface area contributed by atoms with Gasteiger partial charge in [-0.25, -0.2) is 9.48 Å². The number of esters is 3. The maximum Gasteiger partial charge on any atom is 0.345 e. The predicted molar refractivity (Wildman–Crippen MR) is 179 cm³/mol. The van der Waals surface area contributed by atoms with Gasteiger partial charge < -0.3 is 34.4 Å². The summed E-state index contributed by atoms with van der Waals surface area (Å²) >= 11 is 12.7. The lowest BCUT2D eigenvalue weighted by molar-refractivity contribution is -0.168. The van der Waals surface area contributed by atoms with Crippen LogP contribution in [0.1, 0.15) is 60.9 Å². The van der Waals surface area contributed by atoms with Gasteiger partial charge in [0.1, 0.15) is 17.5 Å². The Morgan fingerprint density at radius 3 is 2.22 bits per heavy atom. The second-order valence-electron chi connectivity index (χ2n) is 12.9. The van der Waals surface area contributed by atoms with Crippen molar-refractivity contribution in [3.8, 4) is 23.1 Å². The van der Waals surface area contributed by atoms with Crippen molar-refractivity contribution < 1.29 is 43.9 Å². The molecule has 7 rings (SSSR count). The molecule has 1 aromatic heterocycles. The highest BCUT2D eigenvalue weighted by atomic mass is 35.5. The van der Waals surface area contributed by atoms with Gasteiger partial charge in [-0.05, 0) is 61.2 Å². The first kappa shape index (κ1) is 34.2. The fourth-order valence-electron chi connectivity index (χ4n) is 6.84. The summed E-state index contributed by atoms with van der Waals surface area (Å²) in [6.45, 7) is 1.67. The SMILES string of the molecule is O=C1CC2(O)CC(=O)Oc3nn(c(C(O)C(CCN4CCC(O)(c5ccccc5)CC4)c4ccc(Cl)c(Cl)c4)c3OC2=O)-c2ccccc2O1. The molecule has 4 aromatic rings. The number of aliphatic hydroxyl groups is 3. The van der Waals surface area contributed by atoms with E-state index in [0.29, 0.717) is 49.5 Å². The molecule has 14 heteroatoms. The minimum absolute atomic E-state index is 0.0143. The number of ether oxygens (including phenoxy) is 3. The van der Waals surface area contributed by atoms with Crippen LogP contribution in [0.3, 0.4) is 0 Å². The van der Waals surface area contributed by atoms with Crippen molar-refractivity contribution in [1.82, 2.24) is 14.7 Å². The lowest BCUT2D eigenvalue weighted by Gasteiger charge is -2.39. The van der Waals surface area contributed by atoms with Crippen molar-refractivity contribution >= 4 is 41.1 Å². The molecule has 0 saturated carbocycles. The zero-order valence-electron chi connectivity index (χ0n) is 26.6. The molecule has 0 aliphatic carbocycles. The third kappa shape index (κ3) is 6.50. The Bertz CT molecular complexity index is 1960. The van der Waals surface area contributed by atoms with Crippen LogP contribution in [0, 0.1) is 0 Å². The quantitative estimate of drug-likeness (QED) is 0.180. The topological polar surface area (TPSA) is 161 Å². The second-order valence-corrected chi connectivity index (χ2v) is 13.7. The highest BCUT2D eigenvalue weighted by Crippen LogP contribution is 2.47. The lowest BCUT2D eigenvalue weighted by atomic mass is 9.84. The van der Waals surface area contributed by atoms with Crippen molar-refractivity contribution in [2.75, 3.05) is 19.6 Å². The molecule has 4 heterocycles. The Kier molecular flexibility index (Phi) is 9.18. The van der Waals surface area contributed by atoms with E-state index in [-0.39, 0.29) is 22.2 Å². The number of aliphatic hydroxyl groups excluding tert-OH is 1. The van der Waals surface area contributed by atoms with Crippen molar-refractivity contribution in [3.05, 3.63) is 99.7 Å². The van der Waals surface area contributed by atoms with E-state index in [0.717, 1.165) is 5.56 Å². The number of carbonyl (C=O) groups excluding carboxylic acids is 3. The number of hydrogen-bond acceptors (Lipinski definition) is 11. The summed E-state index contributed by atoms with van der Waals surface area (Å²) in [5.74, 6) is -4.89. The Hall–Kier alpha value is -4.30. The van der Waals surface area contributed by atoms with Crippen LogP contribution < -0.4 is 14.2 Å². The number of fused-ring (bicyclic) bond motifs is 5. The van der Waals surface area contributed by atoms with Gasteiger partial charge in [-0.2, -0.15) is 0 Å². The highest BCUT2D eigenvalue weighted by molar-refractivity contribution is 6.42. The number of likely N-dealkylation sites (tertiary alicyclic amines) is 1. The highest BCUT2D eigenvalue weighted by Gasteiger charge is 2.48. The summed E-state index contributed by atoms with van der Waals surface area (Å²) in [4.78, 5) is 41.5. The largest absolute Gasteiger partial charge is 0.424 e. The number of piperidine rings is 1. The van der Waals surface area contributed by atoms with E-state index in [1.54, 1.807) is 36.4 Å². The maximum atomic E-state index is 13.5. The fraction of sp³-hybridized carbons (Fsp3) is 0.333. The van der Waals surface area contributed by atoms with Crippen LogP contribution in [0.5, 0.6) is 17.4 Å². The number of nitrogens with zero attached hydrogens (tertiary/aromatic N) is 3. The molecule has 1 fully saturated rings. The molecule has 3 bridgehead atoms. The number of para-hydroxylation sites is 2. The first-order valence-electron chi connectivity index (χ1n) is 16.2. The Morgan fingerprint density at radius 2 is 1.50 bits per heavy atom. The molecule has 50 heavy (non-hydrogen) atoms. The molecule has 3 aliphatic rings. The molecule has 0 spiro atoms. The number of hydrogen-bond donors (Lipinski definition) is 3. The predicted octanol–water partition coefficient (Wildman–Crippen LogP) is 4.62. The van der Waals surface area contributed by atoms with E-state index in [4.69, 9.17) is 37.4 Å². The molecule has 1 saturated heterocycles. The molecule has 3 unspecified atom stereocenters. The minimum atomic E-state index is -2.62. The van der Waals surface area contributed by atoms with Gasteiger partial charge in [-0.1, -0.05) is 71.7 Å². The Balaban J connectivity index is 1.29. The zero-order chi connectivity index (χ0) is 35.2. The third-order valence-electron chi connectivity index (χ3n) is 9.61. The van der Waals surface area contributed by atoms with Crippen LogP contribution in [-0.4, -0.2) is 73.1 Å². The normalized spacial score (nSPS) is 21.6. The molecule has 3 aromatic carbocycles. The first-order chi connectivity index (χ1) is 23.9. The summed E-state index contributed by atoms with van der Waals surface area (Å²) < 4.78 is 17.9. The van der Waals surface area contributed by atoms with Gasteiger partial charge in [0.15, 0.2) is 11.4 Å². The summed E-state index contributed by atoms with van der Waals surface area (Å²) in [6, 6.07) is 20.9. The van der Waals surface area contributed by atoms with Gasteiger partial charge in [0.05, 0.1) is 28.5 Å². The van der Waals surface area contributed by atoms with Crippen molar-refractivity contribution in [2.24, 2.45) is 0 Å². The average molecular weight is 723 g/mol. The summed E-state index contributed by atoms with van der Waals surface area (Å²) in [5.41, 5.74) is -2.03. The number of benzene rings is 3. The molecule has 0 amide bonds. The lowest BCUT2D eigenvalue weighted by Crippen LogP contribution is -2.47. The molecular formula is C36H33Cl2N3O9. The van der Waals surface area contributed by atoms with Gasteiger partial charge in [-0.15, -0.1) is 5.10 Å². The Morgan fingerprint density at radius 1 is 0.820 bits per heavy atom. The number of carbonyl (C=O) groups is 3. The summed E-state index contributed by atoms with van der Waals surface area (Å²) in [7, 11) is 0.